The molecule has 0 bridgehead atoms. The topological polar surface area (TPSA) is 143 Å². The third-order valence-corrected chi connectivity index (χ3v) is 9.56. The van der Waals surface area contributed by atoms with Crippen molar-refractivity contribution in [2.24, 2.45) is 0 Å². The molecule has 1 aromatic rings. The number of carbonyl (C=O) groups is 3. The minimum absolute atomic E-state index is 0.0333. The van der Waals surface area contributed by atoms with Gasteiger partial charge in [0.2, 0.25) is 7.37 Å². The van der Waals surface area contributed by atoms with Crippen molar-refractivity contribution < 1.29 is 33.1 Å². The van der Waals surface area contributed by atoms with Crippen molar-refractivity contribution in [3.63, 3.8) is 0 Å². The van der Waals surface area contributed by atoms with E-state index < -0.39 is 17.9 Å². The monoisotopic (exact) mass is 639 g/mol. The zero-order chi connectivity index (χ0) is 32.6. The van der Waals surface area contributed by atoms with Gasteiger partial charge in [-0.1, -0.05) is 12.1 Å². The van der Waals surface area contributed by atoms with Gasteiger partial charge < -0.3 is 18.8 Å². The Morgan fingerprint density at radius 1 is 0.886 bits per heavy atom. The van der Waals surface area contributed by atoms with Gasteiger partial charge in [0.15, 0.2) is 0 Å². The molecule has 1 saturated heterocycles. The lowest BCUT2D eigenvalue weighted by Crippen LogP contribution is -2.43. The van der Waals surface area contributed by atoms with E-state index in [9.17, 15) is 29.1 Å². The van der Waals surface area contributed by atoms with Crippen LogP contribution in [0.25, 0.3) is 0 Å². The highest BCUT2D eigenvalue weighted by Gasteiger charge is 2.28. The molecule has 0 amide bonds. The molecule has 44 heavy (non-hydrogen) atoms. The second-order valence-corrected chi connectivity index (χ2v) is 14.6. The van der Waals surface area contributed by atoms with Crippen LogP contribution in [0.5, 0.6) is 0 Å². The van der Waals surface area contributed by atoms with E-state index in [2.05, 4.69) is 14.7 Å². The number of esters is 1. The first kappa shape index (κ1) is 37.6. The van der Waals surface area contributed by atoms with Crippen LogP contribution in [0.4, 0.5) is 5.69 Å². The quantitative estimate of drug-likeness (QED) is 0.103. The van der Waals surface area contributed by atoms with E-state index in [4.69, 9.17) is 9.26 Å². The Bertz CT molecular complexity index is 1100. The smallest absolute Gasteiger partial charge is 0.320 e. The molecule has 1 unspecified atom stereocenters. The number of aldehydes is 2. The van der Waals surface area contributed by atoms with Gasteiger partial charge >= 0.3 is 5.97 Å². The minimum Gasteiger partial charge on any atom is -0.459 e. The highest BCUT2D eigenvalue weighted by atomic mass is 31.2. The lowest BCUT2D eigenvalue weighted by molar-refractivity contribution is -0.384. The number of carbonyl (C=O) groups excluding carboxylic acids is 3. The summed E-state index contributed by atoms with van der Waals surface area (Å²) in [5, 5.41) is 11.1. The van der Waals surface area contributed by atoms with Crippen LogP contribution >= 0.6 is 7.37 Å². The van der Waals surface area contributed by atoms with Gasteiger partial charge in [-0.2, -0.15) is 0 Å². The van der Waals surface area contributed by atoms with Crippen molar-refractivity contribution in [3.8, 4) is 0 Å². The largest absolute Gasteiger partial charge is 0.459 e. The van der Waals surface area contributed by atoms with Crippen molar-refractivity contribution in [3.05, 3.63) is 39.9 Å². The number of rotatable bonds is 13. The molecule has 1 aliphatic heterocycles. The molecule has 1 atom stereocenters. The van der Waals surface area contributed by atoms with Crippen molar-refractivity contribution >= 4 is 31.6 Å². The molecule has 1 aliphatic rings. The summed E-state index contributed by atoms with van der Waals surface area (Å²) in [6.45, 7) is 13.0. The van der Waals surface area contributed by atoms with Gasteiger partial charge in [0.1, 0.15) is 18.2 Å². The van der Waals surface area contributed by atoms with Crippen LogP contribution in [-0.2, 0) is 34.4 Å². The molecule has 13 nitrogen and oxygen atoms in total. The minimum atomic E-state index is -3.22. The molecule has 0 spiro atoms. The lowest BCUT2D eigenvalue weighted by Gasteiger charge is -2.32. The summed E-state index contributed by atoms with van der Waals surface area (Å²) in [6.07, 6.45) is 3.52. The Balaban J connectivity index is 2.27. The van der Waals surface area contributed by atoms with Crippen LogP contribution in [-0.4, -0.2) is 134 Å². The second kappa shape index (κ2) is 19.1. The Morgan fingerprint density at radius 2 is 1.39 bits per heavy atom. The molecule has 0 aliphatic carbocycles. The molecule has 0 N–H and O–H groups in total. The summed E-state index contributed by atoms with van der Waals surface area (Å²) < 4.78 is 25.6. The van der Waals surface area contributed by atoms with Gasteiger partial charge in [-0.15, -0.1) is 0 Å². The zero-order valence-electron chi connectivity index (χ0n) is 26.7. The van der Waals surface area contributed by atoms with E-state index in [1.807, 2.05) is 25.7 Å². The third kappa shape index (κ3) is 15.0. The SMILES string of the molecule is CCOP(=O)(Cc1ccc([N+](=O)[O-])cc1)CN1CCCN(CC=O)CCN(CC=O)CCCN(CC(=O)OC(C)(C)C)CC1. The van der Waals surface area contributed by atoms with Crippen LogP contribution < -0.4 is 0 Å². The molecule has 0 radical (unpaired) electrons. The molecule has 2 rings (SSSR count). The van der Waals surface area contributed by atoms with Crippen LogP contribution in [0.1, 0.15) is 46.1 Å². The summed E-state index contributed by atoms with van der Waals surface area (Å²) in [6, 6.07) is 6.03. The highest BCUT2D eigenvalue weighted by molar-refractivity contribution is 7.58. The maximum Gasteiger partial charge on any atom is 0.320 e. The van der Waals surface area contributed by atoms with Gasteiger partial charge in [0.05, 0.1) is 43.6 Å². The first-order chi connectivity index (χ1) is 20.9. The first-order valence-corrected chi connectivity index (χ1v) is 17.3. The van der Waals surface area contributed by atoms with Crippen LogP contribution in [0.15, 0.2) is 24.3 Å². The standard InChI is InChI=1S/C30H50N5O8P/c1-5-42-44(41,25-27-8-10-28(11-9-27)35(39)40)26-34-15-7-13-32(21-23-37)17-16-31(20-22-36)12-6-14-33(18-19-34)24-29(38)43-30(2,3)4/h8-11,22-23H,5-7,12-21,24-26H2,1-4H3. The van der Waals surface area contributed by atoms with Gasteiger partial charge in [-0.3, -0.25) is 39.1 Å². The summed E-state index contributed by atoms with van der Waals surface area (Å²) in [4.78, 5) is 54.3. The summed E-state index contributed by atoms with van der Waals surface area (Å²) >= 11 is 0. The Hall–Kier alpha value is -2.54. The van der Waals surface area contributed by atoms with Gasteiger partial charge in [-0.25, -0.2) is 0 Å². The average Bonchev–Trinajstić information content (AvgIpc) is 2.93. The van der Waals surface area contributed by atoms with E-state index >= 15 is 0 Å². The molecule has 1 heterocycles. The Morgan fingerprint density at radius 3 is 1.89 bits per heavy atom. The number of hydrogen-bond donors (Lipinski definition) is 0. The number of nitrogens with zero attached hydrogens (tertiary/aromatic N) is 5. The van der Waals surface area contributed by atoms with Gasteiger partial charge in [0, 0.05) is 44.9 Å². The molecule has 248 valence electrons. The van der Waals surface area contributed by atoms with E-state index in [1.54, 1.807) is 19.1 Å². The fourth-order valence-corrected chi connectivity index (χ4v) is 7.56. The number of hydrogen-bond acceptors (Lipinski definition) is 12. The normalized spacial score (nSPS) is 19.0. The summed E-state index contributed by atoms with van der Waals surface area (Å²) in [5.41, 5.74) is 0.0501. The van der Waals surface area contributed by atoms with E-state index in [1.165, 1.54) is 12.1 Å². The second-order valence-electron chi connectivity index (χ2n) is 12.1. The number of nitro benzene ring substituents is 1. The van der Waals surface area contributed by atoms with Crippen LogP contribution in [0, 0.1) is 10.1 Å². The molecule has 1 fully saturated rings. The van der Waals surface area contributed by atoms with E-state index in [-0.39, 0.29) is 43.8 Å². The van der Waals surface area contributed by atoms with Crippen molar-refractivity contribution in [1.82, 2.24) is 19.6 Å². The summed E-state index contributed by atoms with van der Waals surface area (Å²) in [5.74, 6) is -0.322. The van der Waals surface area contributed by atoms with Crippen molar-refractivity contribution in [2.75, 3.05) is 84.9 Å². The predicted octanol–water partition coefficient (Wildman–Crippen LogP) is 3.11. The van der Waals surface area contributed by atoms with E-state index in [0.717, 1.165) is 19.0 Å². The number of non-ortho nitro benzene ring substituents is 1. The van der Waals surface area contributed by atoms with Crippen LogP contribution in [0.2, 0.25) is 0 Å². The van der Waals surface area contributed by atoms with Crippen molar-refractivity contribution in [1.29, 1.82) is 0 Å². The number of ether oxygens (including phenoxy) is 1. The molecule has 0 saturated carbocycles. The fourth-order valence-electron chi connectivity index (χ4n) is 5.16. The summed E-state index contributed by atoms with van der Waals surface area (Å²) in [7, 11) is -3.22. The molecule has 14 heteroatoms. The lowest BCUT2D eigenvalue weighted by atomic mass is 10.2. The highest BCUT2D eigenvalue weighted by Crippen LogP contribution is 2.50. The third-order valence-electron chi connectivity index (χ3n) is 7.15. The molecular weight excluding hydrogens is 589 g/mol. The molecule has 1 aromatic carbocycles. The Kier molecular flexibility index (Phi) is 16.3. The molecular formula is C30H50N5O8P. The number of benzene rings is 1. The maximum atomic E-state index is 14.1. The van der Waals surface area contributed by atoms with Crippen molar-refractivity contribution in [2.45, 2.75) is 52.3 Å². The molecule has 0 aromatic heterocycles. The number of nitro groups is 1. The maximum absolute atomic E-state index is 14.1. The van der Waals surface area contributed by atoms with Crippen LogP contribution in [0.3, 0.4) is 0 Å². The fraction of sp³-hybridized carbons (Fsp3) is 0.700. The Labute approximate surface area is 261 Å². The van der Waals surface area contributed by atoms with Gasteiger partial charge in [-0.05, 0) is 65.7 Å². The first-order valence-electron chi connectivity index (χ1n) is 15.3. The predicted molar refractivity (Wildman–Crippen MR) is 169 cm³/mol. The average molecular weight is 640 g/mol. The zero-order valence-corrected chi connectivity index (χ0v) is 27.6. The van der Waals surface area contributed by atoms with E-state index in [0.29, 0.717) is 70.9 Å². The van der Waals surface area contributed by atoms with Gasteiger partial charge in [0.25, 0.3) is 5.69 Å².